The van der Waals surface area contributed by atoms with Gasteiger partial charge in [0.05, 0.1) is 44.9 Å². The van der Waals surface area contributed by atoms with Crippen molar-refractivity contribution in [3.63, 3.8) is 0 Å². The van der Waals surface area contributed by atoms with Crippen LogP contribution < -0.4 is 25.6 Å². The molecule has 4 aliphatic rings. The molecule has 0 bridgehead atoms. The zero-order valence-electron chi connectivity index (χ0n) is 39.0. The predicted molar refractivity (Wildman–Crippen MR) is 259 cm³/mol. The molecule has 360 valence electrons. The van der Waals surface area contributed by atoms with E-state index in [9.17, 15) is 32.4 Å². The van der Waals surface area contributed by atoms with E-state index in [1.54, 1.807) is 56.3 Å². The van der Waals surface area contributed by atoms with Crippen LogP contribution in [0.25, 0.3) is 0 Å². The molecule has 5 amide bonds. The first-order chi connectivity index (χ1) is 32.5. The van der Waals surface area contributed by atoms with Crippen LogP contribution in [0.15, 0.2) is 65.7 Å². The van der Waals surface area contributed by atoms with Gasteiger partial charge < -0.3 is 30.1 Å². The number of amides is 5. The lowest BCUT2D eigenvalue weighted by Gasteiger charge is -2.36. The van der Waals surface area contributed by atoms with E-state index in [-0.39, 0.29) is 57.7 Å². The number of piperidine rings is 2. The number of carbonyl (C=O) groups is 5. The average molecular weight is 969 g/mol. The minimum Gasteiger partial charge on any atom is -0.489 e. The molecule has 0 spiro atoms. The maximum atomic E-state index is 13.4. The quantitative estimate of drug-likeness (QED) is 0.108. The third-order valence-electron chi connectivity index (χ3n) is 13.1. The summed E-state index contributed by atoms with van der Waals surface area (Å²) in [5.74, 6) is -0.509. The van der Waals surface area contributed by atoms with Crippen LogP contribution in [-0.2, 0) is 24.2 Å². The number of ether oxygens (including phenoxy) is 1. The molecular weight excluding hydrogens is 910 g/mol. The highest BCUT2D eigenvalue weighted by Crippen LogP contribution is 2.39. The summed E-state index contributed by atoms with van der Waals surface area (Å²) in [5.41, 5.74) is 4.63. The van der Waals surface area contributed by atoms with Crippen molar-refractivity contribution < 1.29 is 37.1 Å². The molecule has 19 heteroatoms. The number of likely N-dealkylation sites (tertiary alicyclic amines) is 1. The second kappa shape index (κ2) is 20.2. The number of piperazine rings is 1. The largest absolute Gasteiger partial charge is 0.489 e. The van der Waals surface area contributed by atoms with Crippen LogP contribution in [-0.4, -0.2) is 126 Å². The number of benzene rings is 3. The number of fused-ring (bicyclic) bond motifs is 1. The molecule has 8 rings (SSSR count). The normalized spacial score (nSPS) is 18.4. The summed E-state index contributed by atoms with van der Waals surface area (Å²) >= 11 is 6.52. The molecule has 17 nitrogen and oxygen atoms in total. The lowest BCUT2D eigenvalue weighted by molar-refractivity contribution is -0.136. The lowest BCUT2D eigenvalue weighted by atomic mass is 9.86. The Morgan fingerprint density at radius 2 is 1.60 bits per heavy atom. The minimum atomic E-state index is -3.59. The molecule has 0 radical (unpaired) electrons. The number of nitrogens with one attached hydrogen (secondary N) is 3. The summed E-state index contributed by atoms with van der Waals surface area (Å²) in [6.07, 6.45) is 4.66. The van der Waals surface area contributed by atoms with Gasteiger partial charge in [-0.05, 0) is 139 Å². The number of aryl methyl sites for hydroxylation is 1. The highest BCUT2D eigenvalue weighted by molar-refractivity contribution is 7.92. The van der Waals surface area contributed by atoms with Gasteiger partial charge in [-0.3, -0.25) is 34.2 Å². The van der Waals surface area contributed by atoms with E-state index in [0.29, 0.717) is 55.6 Å². The number of aromatic nitrogens is 2. The van der Waals surface area contributed by atoms with Crippen LogP contribution in [0.3, 0.4) is 0 Å². The number of nitrogens with zero attached hydrogens (tertiary/aromatic N) is 6. The highest BCUT2D eigenvalue weighted by Gasteiger charge is 2.45. The Labute approximate surface area is 401 Å². The van der Waals surface area contributed by atoms with Gasteiger partial charge >= 0.3 is 0 Å². The van der Waals surface area contributed by atoms with Crippen LogP contribution in [0.5, 0.6) is 5.75 Å². The number of anilines is 5. The number of sulfone groups is 1. The Kier molecular flexibility index (Phi) is 14.4. The van der Waals surface area contributed by atoms with Gasteiger partial charge in [-0.2, -0.15) is 4.98 Å². The van der Waals surface area contributed by atoms with E-state index < -0.39 is 44.8 Å². The number of hydrogen-bond acceptors (Lipinski definition) is 14. The maximum absolute atomic E-state index is 13.4. The SMILES string of the molecule is Cc1cc(Nc2ncc(Cl)c(Nc3ccccc3S(=O)(=O)C(C)C)n2)c(OC(C)C)cc1C1CCN(CCCC(=O)N2CCN(c3ccc4c(c3)C(=O)N(C3CCC(=O)NC3=O)C4=O)CC2)CC1. The lowest BCUT2D eigenvalue weighted by Crippen LogP contribution is -2.54. The first-order valence-electron chi connectivity index (χ1n) is 23.3. The summed E-state index contributed by atoms with van der Waals surface area (Å²) < 4.78 is 32.6. The molecule has 0 aliphatic carbocycles. The van der Waals surface area contributed by atoms with E-state index in [1.165, 1.54) is 11.8 Å². The van der Waals surface area contributed by atoms with E-state index in [0.717, 1.165) is 55.0 Å². The molecule has 68 heavy (non-hydrogen) atoms. The molecule has 4 aromatic rings. The molecule has 3 fully saturated rings. The van der Waals surface area contributed by atoms with Crippen molar-refractivity contribution in [3.05, 3.63) is 88.1 Å². The van der Waals surface area contributed by atoms with Crippen molar-refractivity contribution in [2.75, 3.05) is 61.3 Å². The van der Waals surface area contributed by atoms with Crippen LogP contribution in [0.1, 0.15) is 104 Å². The molecule has 5 heterocycles. The van der Waals surface area contributed by atoms with Crippen LogP contribution >= 0.6 is 11.6 Å². The van der Waals surface area contributed by atoms with Crippen molar-refractivity contribution >= 4 is 79.8 Å². The van der Waals surface area contributed by atoms with E-state index >= 15 is 0 Å². The Hall–Kier alpha value is -6.11. The van der Waals surface area contributed by atoms with Crippen molar-refractivity contribution in [3.8, 4) is 5.75 Å². The number of rotatable bonds is 15. The molecular formula is C49H58ClN9O8S. The Morgan fingerprint density at radius 1 is 0.882 bits per heavy atom. The monoisotopic (exact) mass is 967 g/mol. The van der Waals surface area contributed by atoms with E-state index in [1.807, 2.05) is 24.8 Å². The van der Waals surface area contributed by atoms with Gasteiger partial charge in [0.15, 0.2) is 15.7 Å². The topological polar surface area (TPSA) is 204 Å². The van der Waals surface area contributed by atoms with Crippen molar-refractivity contribution in [1.82, 2.24) is 30.0 Å². The maximum Gasteiger partial charge on any atom is 0.262 e. The third kappa shape index (κ3) is 10.3. The van der Waals surface area contributed by atoms with Gasteiger partial charge in [0.25, 0.3) is 11.8 Å². The Bertz CT molecular complexity index is 2740. The fraction of sp³-hybridized carbons (Fsp3) is 0.449. The molecule has 1 aromatic heterocycles. The standard InChI is InChI=1S/C49H58ClN9O8S/c1-29(2)67-41-27-35(31(5)25-39(41)53-49-51-28-37(50)45(55-49)52-38-9-6-7-10-42(38)68(65,66)30(3)4)32-16-19-56(20-17-32)18-8-11-44(61)58-23-21-57(22-24-58)33-12-13-34-36(26-33)48(64)59(47(34)63)40-14-15-43(60)54-46(40)62/h6-7,9-10,12-13,25-30,32,40H,8,11,14-24H2,1-5H3,(H,54,60,62)(H2,51,52,53,55). The Balaban J connectivity index is 0.820. The van der Waals surface area contributed by atoms with Gasteiger partial charge in [0, 0.05) is 44.7 Å². The number of hydrogen-bond donors (Lipinski definition) is 3. The van der Waals surface area contributed by atoms with Crippen molar-refractivity contribution in [2.45, 2.75) is 101 Å². The predicted octanol–water partition coefficient (Wildman–Crippen LogP) is 6.60. The first kappa shape index (κ1) is 48.4. The number of halogens is 1. The van der Waals surface area contributed by atoms with Gasteiger partial charge in [0.2, 0.25) is 23.7 Å². The van der Waals surface area contributed by atoms with Crippen LogP contribution in [0.4, 0.5) is 28.8 Å². The van der Waals surface area contributed by atoms with Gasteiger partial charge in [-0.1, -0.05) is 23.7 Å². The second-order valence-electron chi connectivity index (χ2n) is 18.4. The number of carbonyl (C=O) groups excluding carboxylic acids is 5. The van der Waals surface area contributed by atoms with Crippen LogP contribution in [0.2, 0.25) is 5.02 Å². The van der Waals surface area contributed by atoms with Crippen molar-refractivity contribution in [2.24, 2.45) is 0 Å². The first-order valence-corrected chi connectivity index (χ1v) is 25.2. The van der Waals surface area contributed by atoms with Crippen LogP contribution in [0, 0.1) is 6.92 Å². The fourth-order valence-electron chi connectivity index (χ4n) is 9.38. The molecule has 3 saturated heterocycles. The third-order valence-corrected chi connectivity index (χ3v) is 15.6. The Morgan fingerprint density at radius 3 is 2.31 bits per heavy atom. The van der Waals surface area contributed by atoms with Gasteiger partial charge in [-0.15, -0.1) is 0 Å². The zero-order chi connectivity index (χ0) is 48.4. The van der Waals surface area contributed by atoms with E-state index in [4.69, 9.17) is 16.3 Å². The summed E-state index contributed by atoms with van der Waals surface area (Å²) in [6, 6.07) is 14.9. The molecule has 1 atom stereocenters. The summed E-state index contributed by atoms with van der Waals surface area (Å²) in [7, 11) is -3.59. The minimum absolute atomic E-state index is 0.0614. The molecule has 3 aromatic carbocycles. The molecule has 1 unspecified atom stereocenters. The van der Waals surface area contributed by atoms with Crippen molar-refractivity contribution in [1.29, 1.82) is 0 Å². The van der Waals surface area contributed by atoms with Gasteiger partial charge in [-0.25, -0.2) is 13.4 Å². The number of imide groups is 2. The molecule has 4 aliphatic heterocycles. The molecule has 3 N–H and O–H groups in total. The number of para-hydroxylation sites is 1. The average Bonchev–Trinajstić information content (AvgIpc) is 3.56. The molecule has 0 saturated carbocycles. The highest BCUT2D eigenvalue weighted by atomic mass is 35.5. The zero-order valence-corrected chi connectivity index (χ0v) is 40.6. The fourth-order valence-corrected chi connectivity index (χ4v) is 10.7. The smallest absolute Gasteiger partial charge is 0.262 e. The van der Waals surface area contributed by atoms with E-state index in [2.05, 4.69) is 48.7 Å². The summed E-state index contributed by atoms with van der Waals surface area (Å²) in [4.78, 5) is 80.5. The van der Waals surface area contributed by atoms with Gasteiger partial charge in [0.1, 0.15) is 16.8 Å². The summed E-state index contributed by atoms with van der Waals surface area (Å²) in [6.45, 7) is 14.2. The second-order valence-corrected chi connectivity index (χ2v) is 21.2. The summed E-state index contributed by atoms with van der Waals surface area (Å²) in [5, 5.41) is 8.26.